The summed E-state index contributed by atoms with van der Waals surface area (Å²) in [6.45, 7) is 5.57. The van der Waals surface area contributed by atoms with Crippen molar-refractivity contribution in [2.24, 2.45) is 5.41 Å². The van der Waals surface area contributed by atoms with Crippen LogP contribution in [0.15, 0.2) is 0 Å². The van der Waals surface area contributed by atoms with Gasteiger partial charge < -0.3 is 19.5 Å². The topological polar surface area (TPSA) is 59.0 Å². The van der Waals surface area contributed by atoms with Gasteiger partial charge in [-0.3, -0.25) is 4.79 Å². The molecule has 0 aromatic carbocycles. The molecular formula is C14H27NO4. The smallest absolute Gasteiger partial charge is 0.254 e. The normalized spacial score (nSPS) is 24.6. The van der Waals surface area contributed by atoms with Crippen LogP contribution >= 0.6 is 0 Å². The molecule has 1 aliphatic heterocycles. The number of carbonyl (C=O) groups is 1. The van der Waals surface area contributed by atoms with Crippen molar-refractivity contribution in [1.82, 2.24) is 4.90 Å². The number of ether oxygens (including phenoxy) is 2. The molecule has 1 amide bonds. The highest BCUT2D eigenvalue weighted by Gasteiger charge is 2.40. The summed E-state index contributed by atoms with van der Waals surface area (Å²) in [5.74, 6) is -0.00931. The van der Waals surface area contributed by atoms with Gasteiger partial charge in [-0.25, -0.2) is 0 Å². The fraction of sp³-hybridized carbons (Fsp3) is 0.929. The van der Waals surface area contributed by atoms with Crippen LogP contribution in [0.4, 0.5) is 0 Å². The zero-order valence-corrected chi connectivity index (χ0v) is 12.6. The van der Waals surface area contributed by atoms with Gasteiger partial charge in [0.05, 0.1) is 6.61 Å². The van der Waals surface area contributed by atoms with Crippen molar-refractivity contribution >= 4 is 5.91 Å². The largest absolute Gasteiger partial charge is 0.396 e. The van der Waals surface area contributed by atoms with E-state index in [2.05, 4.69) is 0 Å². The average molecular weight is 273 g/mol. The summed E-state index contributed by atoms with van der Waals surface area (Å²) < 4.78 is 10.4. The number of piperidine rings is 1. The fourth-order valence-electron chi connectivity index (χ4n) is 2.58. The summed E-state index contributed by atoms with van der Waals surface area (Å²) in [6, 6.07) is 0. The molecule has 0 unspecified atom stereocenters. The number of rotatable bonds is 6. The first-order chi connectivity index (χ1) is 8.90. The van der Waals surface area contributed by atoms with Gasteiger partial charge >= 0.3 is 0 Å². The summed E-state index contributed by atoms with van der Waals surface area (Å²) >= 11 is 0. The van der Waals surface area contributed by atoms with Crippen LogP contribution in [-0.2, 0) is 14.3 Å². The number of likely N-dealkylation sites (tertiary alicyclic amines) is 1. The first kappa shape index (κ1) is 16.4. The van der Waals surface area contributed by atoms with Gasteiger partial charge in [0.2, 0.25) is 0 Å². The van der Waals surface area contributed by atoms with Crippen molar-refractivity contribution in [3.63, 3.8) is 0 Å². The highest BCUT2D eigenvalue weighted by molar-refractivity contribution is 5.84. The van der Waals surface area contributed by atoms with Gasteiger partial charge in [0, 0.05) is 39.3 Å². The molecule has 0 saturated carbocycles. The molecule has 0 spiro atoms. The Bertz CT molecular complexity index is 306. The van der Waals surface area contributed by atoms with Crippen LogP contribution in [0.3, 0.4) is 0 Å². The summed E-state index contributed by atoms with van der Waals surface area (Å²) in [5, 5.41) is 9.70. The number of amides is 1. The Hall–Kier alpha value is -0.650. The highest BCUT2D eigenvalue weighted by Crippen LogP contribution is 2.34. The Morgan fingerprint density at radius 1 is 1.42 bits per heavy atom. The lowest BCUT2D eigenvalue weighted by Gasteiger charge is -2.43. The molecule has 1 atom stereocenters. The third kappa shape index (κ3) is 3.91. The Morgan fingerprint density at radius 3 is 2.63 bits per heavy atom. The minimum absolute atomic E-state index is 0.00931. The number of nitrogens with zero attached hydrogens (tertiary/aromatic N) is 1. The molecule has 112 valence electrons. The quantitative estimate of drug-likeness (QED) is 0.786. The second kappa shape index (κ2) is 6.68. The third-order valence-electron chi connectivity index (χ3n) is 4.15. The van der Waals surface area contributed by atoms with Crippen molar-refractivity contribution in [2.75, 3.05) is 40.5 Å². The van der Waals surface area contributed by atoms with Crippen LogP contribution in [-0.4, -0.2) is 62.0 Å². The van der Waals surface area contributed by atoms with E-state index in [9.17, 15) is 9.90 Å². The predicted molar refractivity (Wildman–Crippen MR) is 72.9 cm³/mol. The van der Waals surface area contributed by atoms with Gasteiger partial charge in [-0.1, -0.05) is 0 Å². The van der Waals surface area contributed by atoms with Crippen LogP contribution in [0.1, 0.15) is 33.1 Å². The van der Waals surface area contributed by atoms with Crippen molar-refractivity contribution in [3.8, 4) is 0 Å². The molecule has 1 heterocycles. The lowest BCUT2D eigenvalue weighted by atomic mass is 9.77. The van der Waals surface area contributed by atoms with E-state index in [1.54, 1.807) is 28.1 Å². The maximum Gasteiger partial charge on any atom is 0.254 e. The molecule has 1 saturated heterocycles. The molecule has 19 heavy (non-hydrogen) atoms. The van der Waals surface area contributed by atoms with Crippen LogP contribution in [0.25, 0.3) is 0 Å². The Kier molecular flexibility index (Phi) is 5.77. The molecule has 0 aliphatic carbocycles. The molecule has 0 aromatic heterocycles. The Labute approximate surface area is 115 Å². The lowest BCUT2D eigenvalue weighted by molar-refractivity contribution is -0.155. The molecule has 1 rings (SSSR count). The minimum atomic E-state index is -0.806. The number of carbonyl (C=O) groups excluding carboxylic acids is 1. The van der Waals surface area contributed by atoms with E-state index >= 15 is 0 Å². The summed E-state index contributed by atoms with van der Waals surface area (Å²) in [4.78, 5) is 14.2. The van der Waals surface area contributed by atoms with E-state index in [1.165, 1.54) is 0 Å². The third-order valence-corrected chi connectivity index (χ3v) is 4.15. The molecule has 0 radical (unpaired) electrons. The van der Waals surface area contributed by atoms with Gasteiger partial charge in [0.15, 0.2) is 0 Å². The standard InChI is InChI=1S/C14H27NO4/c1-13(2,19-4)12(17)15-8-5-6-14(10-15,11-16)7-9-18-3/h16H,5-11H2,1-4H3/t14-/m1/s1. The first-order valence-electron chi connectivity index (χ1n) is 6.85. The lowest BCUT2D eigenvalue weighted by Crippen LogP contribution is -2.54. The highest BCUT2D eigenvalue weighted by atomic mass is 16.5. The Morgan fingerprint density at radius 2 is 2.11 bits per heavy atom. The molecular weight excluding hydrogens is 246 g/mol. The zero-order valence-electron chi connectivity index (χ0n) is 12.6. The SMILES string of the molecule is COCC[C@]1(CO)CCCN(C(=O)C(C)(C)OC)C1. The van der Waals surface area contributed by atoms with Crippen LogP contribution in [0, 0.1) is 5.41 Å². The van der Waals surface area contributed by atoms with Crippen molar-refractivity contribution in [2.45, 2.75) is 38.7 Å². The van der Waals surface area contributed by atoms with Gasteiger partial charge in [-0.2, -0.15) is 0 Å². The number of hydrogen-bond acceptors (Lipinski definition) is 4. The van der Waals surface area contributed by atoms with Crippen LogP contribution < -0.4 is 0 Å². The van der Waals surface area contributed by atoms with E-state index < -0.39 is 5.60 Å². The molecule has 0 aromatic rings. The molecule has 5 nitrogen and oxygen atoms in total. The molecule has 1 fully saturated rings. The Balaban J connectivity index is 2.75. The number of aliphatic hydroxyl groups is 1. The monoisotopic (exact) mass is 273 g/mol. The summed E-state index contributed by atoms with van der Waals surface area (Å²) in [7, 11) is 3.21. The average Bonchev–Trinajstić information content (AvgIpc) is 2.44. The number of methoxy groups -OCH3 is 2. The van der Waals surface area contributed by atoms with Crippen molar-refractivity contribution in [1.29, 1.82) is 0 Å². The minimum Gasteiger partial charge on any atom is -0.396 e. The van der Waals surface area contributed by atoms with Gasteiger partial charge in [-0.05, 0) is 33.1 Å². The number of aliphatic hydroxyl groups excluding tert-OH is 1. The van der Waals surface area contributed by atoms with Gasteiger partial charge in [0.1, 0.15) is 5.60 Å². The van der Waals surface area contributed by atoms with E-state index in [4.69, 9.17) is 9.47 Å². The second-order valence-corrected chi connectivity index (χ2v) is 5.95. The molecule has 0 bridgehead atoms. The first-order valence-corrected chi connectivity index (χ1v) is 6.85. The maximum atomic E-state index is 12.4. The summed E-state index contributed by atoms with van der Waals surface area (Å²) in [5.41, 5.74) is -1.03. The van der Waals surface area contributed by atoms with Crippen molar-refractivity contribution < 1.29 is 19.4 Å². The van der Waals surface area contributed by atoms with Gasteiger partial charge in [-0.15, -0.1) is 0 Å². The van der Waals surface area contributed by atoms with Crippen LogP contribution in [0.2, 0.25) is 0 Å². The van der Waals surface area contributed by atoms with Crippen molar-refractivity contribution in [3.05, 3.63) is 0 Å². The molecule has 5 heteroatoms. The predicted octanol–water partition coefficient (Wildman–Crippen LogP) is 1.05. The van der Waals surface area contributed by atoms with Gasteiger partial charge in [0.25, 0.3) is 5.91 Å². The number of hydrogen-bond donors (Lipinski definition) is 1. The van der Waals surface area contributed by atoms with E-state index in [0.717, 1.165) is 25.8 Å². The fourth-order valence-corrected chi connectivity index (χ4v) is 2.58. The van der Waals surface area contributed by atoms with E-state index in [0.29, 0.717) is 13.2 Å². The van der Waals surface area contributed by atoms with E-state index in [-0.39, 0.29) is 17.9 Å². The van der Waals surface area contributed by atoms with E-state index in [1.807, 2.05) is 4.90 Å². The van der Waals surface area contributed by atoms with Crippen LogP contribution in [0.5, 0.6) is 0 Å². The zero-order chi connectivity index (χ0) is 14.5. The molecule has 1 N–H and O–H groups in total. The summed E-state index contributed by atoms with van der Waals surface area (Å²) in [6.07, 6.45) is 2.62. The maximum absolute atomic E-state index is 12.4. The molecule has 1 aliphatic rings. The second-order valence-electron chi connectivity index (χ2n) is 5.95.